The van der Waals surface area contributed by atoms with Crippen molar-refractivity contribution in [1.29, 1.82) is 0 Å². The van der Waals surface area contributed by atoms with E-state index < -0.39 is 10.0 Å². The average molecular weight is 387 g/mol. The fraction of sp³-hybridized carbons (Fsp3) is 0.368. The van der Waals surface area contributed by atoms with Crippen molar-refractivity contribution in [2.24, 2.45) is 4.40 Å². The third-order valence-electron chi connectivity index (χ3n) is 5.14. The Balaban J connectivity index is 1.43. The fourth-order valence-corrected chi connectivity index (χ4v) is 4.63. The summed E-state index contributed by atoms with van der Waals surface area (Å²) < 4.78 is 27.6. The van der Waals surface area contributed by atoms with E-state index in [1.165, 1.54) is 10.5 Å². The molecule has 8 heteroatoms. The third kappa shape index (κ3) is 3.96. The van der Waals surface area contributed by atoms with E-state index in [0.29, 0.717) is 25.2 Å². The van der Waals surface area contributed by atoms with Gasteiger partial charge in [0.05, 0.1) is 37.5 Å². The highest BCUT2D eigenvalue weighted by atomic mass is 32.2. The summed E-state index contributed by atoms with van der Waals surface area (Å²) >= 11 is 0. The molecule has 3 heterocycles. The van der Waals surface area contributed by atoms with Crippen LogP contribution in [0.25, 0.3) is 0 Å². The average Bonchev–Trinajstić information content (AvgIpc) is 2.68. The topological polar surface area (TPSA) is 74.5 Å². The van der Waals surface area contributed by atoms with E-state index in [0.717, 1.165) is 19.6 Å². The Morgan fingerprint density at radius 3 is 2.59 bits per heavy atom. The maximum absolute atomic E-state index is 13.0. The Labute approximate surface area is 159 Å². The van der Waals surface area contributed by atoms with Gasteiger partial charge in [0.15, 0.2) is 5.84 Å². The van der Waals surface area contributed by atoms with Crippen LogP contribution < -0.4 is 4.90 Å². The normalized spacial score (nSPS) is 22.1. The van der Waals surface area contributed by atoms with Gasteiger partial charge in [-0.25, -0.2) is 8.42 Å². The van der Waals surface area contributed by atoms with Crippen molar-refractivity contribution >= 4 is 21.8 Å². The van der Waals surface area contributed by atoms with E-state index in [9.17, 15) is 13.2 Å². The van der Waals surface area contributed by atoms with Crippen molar-refractivity contribution in [2.45, 2.75) is 6.54 Å². The molecule has 3 aliphatic heterocycles. The van der Waals surface area contributed by atoms with Gasteiger partial charge in [0.1, 0.15) is 6.54 Å². The number of nitrogens with one attached hydrogen (secondary N) is 1. The number of rotatable bonds is 3. The third-order valence-corrected chi connectivity index (χ3v) is 6.29. The molecule has 0 bridgehead atoms. The van der Waals surface area contributed by atoms with Crippen molar-refractivity contribution < 1.29 is 18.1 Å². The molecule has 0 aromatic heterocycles. The number of sulfonamides is 1. The first-order chi connectivity index (χ1) is 13.0. The Bertz CT molecular complexity index is 914. The number of piperazine rings is 1. The van der Waals surface area contributed by atoms with Crippen LogP contribution in [0.5, 0.6) is 0 Å². The van der Waals surface area contributed by atoms with Gasteiger partial charge in [-0.2, -0.15) is 0 Å². The Hall–Kier alpha value is -2.45. The van der Waals surface area contributed by atoms with Crippen LogP contribution in [0.2, 0.25) is 0 Å². The maximum Gasteiger partial charge on any atom is 0.258 e. The number of benzene rings is 1. The number of nitrogens with zero attached hydrogens (tertiary/aromatic N) is 3. The SMILES string of the molecule is O=C(C1=CC=CN2CCS(=O)(=O)N=C12)N1CC[NH+](Cc2ccccc2)CC1. The minimum absolute atomic E-state index is 0.0240. The number of amidine groups is 1. The van der Waals surface area contributed by atoms with Gasteiger partial charge in [-0.3, -0.25) is 4.79 Å². The zero-order chi connectivity index (χ0) is 18.9. The Morgan fingerprint density at radius 2 is 1.85 bits per heavy atom. The second-order valence-electron chi connectivity index (χ2n) is 7.02. The lowest BCUT2D eigenvalue weighted by atomic mass is 10.1. The summed E-state index contributed by atoms with van der Waals surface area (Å²) in [5, 5.41) is 0. The van der Waals surface area contributed by atoms with E-state index in [1.807, 2.05) is 18.2 Å². The smallest absolute Gasteiger partial charge is 0.258 e. The van der Waals surface area contributed by atoms with Gasteiger partial charge in [-0.05, 0) is 12.2 Å². The maximum atomic E-state index is 13.0. The number of amides is 1. The summed E-state index contributed by atoms with van der Waals surface area (Å²) in [6, 6.07) is 10.4. The number of hydrogen-bond acceptors (Lipinski definition) is 4. The van der Waals surface area contributed by atoms with E-state index in [1.54, 1.807) is 28.2 Å². The standard InChI is InChI=1S/C19H22N4O3S/c24-19(17-7-4-8-22-13-14-27(25,26)20-18(17)22)23-11-9-21(10-12-23)15-16-5-2-1-3-6-16/h1-8H,9-15H2/p+1. The molecule has 0 aliphatic carbocycles. The van der Waals surface area contributed by atoms with Gasteiger partial charge in [0.25, 0.3) is 15.9 Å². The summed E-state index contributed by atoms with van der Waals surface area (Å²) in [5.41, 5.74) is 1.66. The zero-order valence-corrected chi connectivity index (χ0v) is 15.9. The Kier molecular flexibility index (Phi) is 4.84. The highest BCUT2D eigenvalue weighted by Crippen LogP contribution is 2.19. The molecular formula is C19H23N4O3S+. The first kappa shape index (κ1) is 17.9. The van der Waals surface area contributed by atoms with Crippen LogP contribution in [0, 0.1) is 0 Å². The van der Waals surface area contributed by atoms with Gasteiger partial charge in [-0.1, -0.05) is 30.3 Å². The first-order valence-corrected chi connectivity index (χ1v) is 10.8. The molecule has 0 atom stereocenters. The van der Waals surface area contributed by atoms with Crippen molar-refractivity contribution in [3.05, 3.63) is 59.8 Å². The largest absolute Gasteiger partial charge is 0.331 e. The van der Waals surface area contributed by atoms with Crippen LogP contribution in [0.15, 0.2) is 58.7 Å². The fourth-order valence-electron chi connectivity index (χ4n) is 3.64. The molecule has 7 nitrogen and oxygen atoms in total. The number of allylic oxidation sites excluding steroid dienone is 2. The van der Waals surface area contributed by atoms with E-state index >= 15 is 0 Å². The first-order valence-electron chi connectivity index (χ1n) is 9.17. The van der Waals surface area contributed by atoms with Gasteiger partial charge < -0.3 is 14.7 Å². The number of carbonyl (C=O) groups excluding carboxylic acids is 1. The zero-order valence-electron chi connectivity index (χ0n) is 15.0. The monoisotopic (exact) mass is 387 g/mol. The second-order valence-corrected chi connectivity index (χ2v) is 8.78. The predicted molar refractivity (Wildman–Crippen MR) is 103 cm³/mol. The van der Waals surface area contributed by atoms with Crippen LogP contribution in [0.1, 0.15) is 5.56 Å². The van der Waals surface area contributed by atoms with Gasteiger partial charge >= 0.3 is 0 Å². The number of carbonyl (C=O) groups is 1. The minimum atomic E-state index is -3.50. The molecule has 1 N–H and O–H groups in total. The molecule has 1 saturated heterocycles. The molecule has 1 aromatic carbocycles. The van der Waals surface area contributed by atoms with Crippen molar-refractivity contribution in [3.8, 4) is 0 Å². The van der Waals surface area contributed by atoms with Gasteiger partial charge in [0, 0.05) is 18.3 Å². The molecule has 0 unspecified atom stereocenters. The van der Waals surface area contributed by atoms with E-state index in [2.05, 4.69) is 16.5 Å². The predicted octanol–water partition coefficient (Wildman–Crippen LogP) is -0.589. The molecule has 3 aliphatic rings. The van der Waals surface area contributed by atoms with Gasteiger partial charge in [0.2, 0.25) is 0 Å². The van der Waals surface area contributed by atoms with Crippen molar-refractivity contribution in [3.63, 3.8) is 0 Å². The van der Waals surface area contributed by atoms with Crippen LogP contribution in [-0.4, -0.2) is 68.4 Å². The molecule has 4 rings (SSSR count). The van der Waals surface area contributed by atoms with Crippen molar-refractivity contribution in [2.75, 3.05) is 38.5 Å². The molecule has 1 amide bonds. The molecule has 1 fully saturated rings. The number of quaternary nitrogens is 1. The van der Waals surface area contributed by atoms with Crippen LogP contribution in [0.3, 0.4) is 0 Å². The number of hydrogen-bond donors (Lipinski definition) is 1. The summed E-state index contributed by atoms with van der Waals surface area (Å²) in [7, 11) is -3.50. The molecular weight excluding hydrogens is 364 g/mol. The molecule has 0 saturated carbocycles. The summed E-state index contributed by atoms with van der Waals surface area (Å²) in [4.78, 5) is 18.0. The van der Waals surface area contributed by atoms with Crippen molar-refractivity contribution in [1.82, 2.24) is 9.80 Å². The molecule has 1 aromatic rings. The molecule has 0 spiro atoms. The Morgan fingerprint density at radius 1 is 1.11 bits per heavy atom. The highest BCUT2D eigenvalue weighted by molar-refractivity contribution is 7.90. The second kappa shape index (κ2) is 7.28. The van der Waals surface area contributed by atoms with E-state index in [4.69, 9.17) is 0 Å². The lowest BCUT2D eigenvalue weighted by molar-refractivity contribution is -0.917. The van der Waals surface area contributed by atoms with E-state index in [-0.39, 0.29) is 17.5 Å². The summed E-state index contributed by atoms with van der Waals surface area (Å²) in [5.74, 6) is 0.0934. The molecule has 142 valence electrons. The lowest BCUT2D eigenvalue weighted by Crippen LogP contribution is -3.13. The summed E-state index contributed by atoms with van der Waals surface area (Å²) in [6.45, 7) is 4.34. The molecule has 27 heavy (non-hydrogen) atoms. The molecule has 0 radical (unpaired) electrons. The highest BCUT2D eigenvalue weighted by Gasteiger charge is 2.33. The van der Waals surface area contributed by atoms with Gasteiger partial charge in [-0.15, -0.1) is 4.40 Å². The summed E-state index contributed by atoms with van der Waals surface area (Å²) in [6.07, 6.45) is 5.22. The minimum Gasteiger partial charge on any atom is -0.331 e. The number of fused-ring (bicyclic) bond motifs is 1. The van der Waals surface area contributed by atoms with Crippen LogP contribution in [-0.2, 0) is 21.4 Å². The quantitative estimate of drug-likeness (QED) is 0.753. The van der Waals surface area contributed by atoms with Crippen LogP contribution in [0.4, 0.5) is 0 Å². The van der Waals surface area contributed by atoms with Crippen LogP contribution >= 0.6 is 0 Å². The lowest BCUT2D eigenvalue weighted by Gasteiger charge is -2.35.